The Morgan fingerprint density at radius 1 is 1.05 bits per heavy atom. The van der Waals surface area contributed by atoms with E-state index >= 15 is 0 Å². The van der Waals surface area contributed by atoms with Crippen LogP contribution in [-0.2, 0) is 11.2 Å². The lowest BCUT2D eigenvalue weighted by atomic mass is 10.1. The van der Waals surface area contributed by atoms with Gasteiger partial charge in [0, 0.05) is 18.8 Å². The van der Waals surface area contributed by atoms with Crippen LogP contribution in [0.4, 0.5) is 0 Å². The predicted octanol–water partition coefficient (Wildman–Crippen LogP) is 2.94. The molecule has 1 N–H and O–H groups in total. The van der Waals surface area contributed by atoms with Crippen LogP contribution in [0, 0.1) is 0 Å². The van der Waals surface area contributed by atoms with Crippen LogP contribution in [0.2, 0.25) is 0 Å². The number of carbonyl (C=O) groups is 1. The van der Waals surface area contributed by atoms with E-state index in [-0.39, 0.29) is 6.42 Å². The lowest BCUT2D eigenvalue weighted by Crippen LogP contribution is -1.95. The first-order valence-corrected chi connectivity index (χ1v) is 6.34. The summed E-state index contributed by atoms with van der Waals surface area (Å²) in [5, 5.41) is 8.59. The van der Waals surface area contributed by atoms with E-state index in [0.717, 1.165) is 24.2 Å². The van der Waals surface area contributed by atoms with Gasteiger partial charge in [-0.2, -0.15) is 0 Å². The van der Waals surface area contributed by atoms with Crippen molar-refractivity contribution in [2.45, 2.75) is 25.7 Å². The number of aromatic nitrogens is 2. The molecule has 0 aromatic carbocycles. The zero-order valence-corrected chi connectivity index (χ0v) is 10.6. The molecule has 4 heteroatoms. The van der Waals surface area contributed by atoms with Crippen LogP contribution < -0.4 is 0 Å². The minimum atomic E-state index is -0.732. The van der Waals surface area contributed by atoms with E-state index in [1.807, 2.05) is 30.3 Å². The fourth-order valence-corrected chi connectivity index (χ4v) is 1.89. The van der Waals surface area contributed by atoms with Crippen LogP contribution in [0.3, 0.4) is 0 Å². The number of aliphatic carboxylic acids is 1. The molecule has 2 rings (SSSR count). The number of hydrogen-bond acceptors (Lipinski definition) is 3. The molecule has 0 amide bonds. The summed E-state index contributed by atoms with van der Waals surface area (Å²) < 4.78 is 0. The number of aryl methyl sites for hydroxylation is 1. The molecule has 0 saturated carbocycles. The number of carboxylic acid groups (broad SMARTS) is 1. The highest BCUT2D eigenvalue weighted by molar-refractivity contribution is 5.66. The Morgan fingerprint density at radius 3 is 2.63 bits per heavy atom. The number of unbranched alkanes of at least 4 members (excludes halogenated alkanes) is 1. The summed E-state index contributed by atoms with van der Waals surface area (Å²) in [5.74, 6) is -0.732. The second-order valence-corrected chi connectivity index (χ2v) is 4.37. The van der Waals surface area contributed by atoms with E-state index in [4.69, 9.17) is 5.11 Å². The van der Waals surface area contributed by atoms with E-state index in [2.05, 4.69) is 9.97 Å². The molecule has 98 valence electrons. The van der Waals surface area contributed by atoms with Gasteiger partial charge in [-0.1, -0.05) is 6.07 Å². The average Bonchev–Trinajstić information content (AvgIpc) is 2.45. The van der Waals surface area contributed by atoms with Crippen LogP contribution in [0.5, 0.6) is 0 Å². The molecule has 0 radical (unpaired) electrons. The quantitative estimate of drug-likeness (QED) is 0.807. The zero-order chi connectivity index (χ0) is 13.5. The average molecular weight is 256 g/mol. The summed E-state index contributed by atoms with van der Waals surface area (Å²) >= 11 is 0. The van der Waals surface area contributed by atoms with E-state index in [1.54, 1.807) is 12.4 Å². The normalized spacial score (nSPS) is 10.3. The first kappa shape index (κ1) is 13.2. The van der Waals surface area contributed by atoms with Gasteiger partial charge in [-0.3, -0.25) is 14.8 Å². The number of pyridine rings is 2. The molecule has 0 unspecified atom stereocenters. The molecule has 2 heterocycles. The summed E-state index contributed by atoms with van der Waals surface area (Å²) in [7, 11) is 0. The highest BCUT2D eigenvalue weighted by Crippen LogP contribution is 2.16. The van der Waals surface area contributed by atoms with Gasteiger partial charge in [0.1, 0.15) is 0 Å². The second kappa shape index (κ2) is 6.64. The molecule has 0 saturated heterocycles. The Balaban J connectivity index is 1.98. The highest BCUT2D eigenvalue weighted by atomic mass is 16.4. The van der Waals surface area contributed by atoms with Gasteiger partial charge in [-0.25, -0.2) is 0 Å². The molecule has 0 spiro atoms. The smallest absolute Gasteiger partial charge is 0.303 e. The van der Waals surface area contributed by atoms with Crippen molar-refractivity contribution in [3.05, 3.63) is 48.3 Å². The molecular weight excluding hydrogens is 240 g/mol. The predicted molar refractivity (Wildman–Crippen MR) is 72.7 cm³/mol. The molecule has 0 aliphatic carbocycles. The topological polar surface area (TPSA) is 63.1 Å². The summed E-state index contributed by atoms with van der Waals surface area (Å²) in [6, 6.07) is 9.72. The van der Waals surface area contributed by atoms with Gasteiger partial charge in [-0.15, -0.1) is 0 Å². The first-order valence-electron chi connectivity index (χ1n) is 6.34. The van der Waals surface area contributed by atoms with E-state index in [1.165, 1.54) is 5.56 Å². The third-order valence-corrected chi connectivity index (χ3v) is 2.86. The molecule has 0 bridgehead atoms. The van der Waals surface area contributed by atoms with Crippen molar-refractivity contribution in [3.8, 4) is 11.4 Å². The minimum absolute atomic E-state index is 0.234. The van der Waals surface area contributed by atoms with Gasteiger partial charge in [0.2, 0.25) is 0 Å². The highest BCUT2D eigenvalue weighted by Gasteiger charge is 2.02. The Morgan fingerprint density at radius 2 is 1.89 bits per heavy atom. The number of carboxylic acids is 1. The maximum absolute atomic E-state index is 10.4. The fraction of sp³-hybridized carbons (Fsp3) is 0.267. The summed E-state index contributed by atoms with van der Waals surface area (Å²) in [6.07, 6.45) is 6.20. The number of hydrogen-bond donors (Lipinski definition) is 1. The van der Waals surface area contributed by atoms with Gasteiger partial charge < -0.3 is 5.11 Å². The second-order valence-electron chi connectivity index (χ2n) is 4.37. The Hall–Kier alpha value is -2.23. The number of nitrogens with zero attached hydrogens (tertiary/aromatic N) is 2. The largest absolute Gasteiger partial charge is 0.481 e. The SMILES string of the molecule is O=C(O)CCCCc1ccnc(-c2ccccn2)c1. The lowest BCUT2D eigenvalue weighted by Gasteiger charge is -2.04. The van der Waals surface area contributed by atoms with Crippen molar-refractivity contribution >= 4 is 5.97 Å². The van der Waals surface area contributed by atoms with Crippen LogP contribution in [0.25, 0.3) is 11.4 Å². The van der Waals surface area contributed by atoms with Crippen molar-refractivity contribution in [2.24, 2.45) is 0 Å². The van der Waals surface area contributed by atoms with Crippen molar-refractivity contribution in [1.82, 2.24) is 9.97 Å². The Labute approximate surface area is 112 Å². The number of rotatable bonds is 6. The molecule has 19 heavy (non-hydrogen) atoms. The van der Waals surface area contributed by atoms with Crippen molar-refractivity contribution in [3.63, 3.8) is 0 Å². The fourth-order valence-electron chi connectivity index (χ4n) is 1.89. The molecular formula is C15H16N2O2. The van der Waals surface area contributed by atoms with Gasteiger partial charge in [0.05, 0.1) is 11.4 Å². The van der Waals surface area contributed by atoms with Gasteiger partial charge in [0.25, 0.3) is 0 Å². The molecule has 0 atom stereocenters. The first-order chi connectivity index (χ1) is 9.25. The molecule has 2 aromatic heterocycles. The van der Waals surface area contributed by atoms with Crippen LogP contribution >= 0.6 is 0 Å². The zero-order valence-electron chi connectivity index (χ0n) is 10.6. The summed E-state index contributed by atoms with van der Waals surface area (Å²) in [4.78, 5) is 19.0. The van der Waals surface area contributed by atoms with Gasteiger partial charge in [-0.05, 0) is 49.1 Å². The standard InChI is InChI=1S/C15H16N2O2/c18-15(19)7-2-1-5-12-8-10-17-14(11-12)13-6-3-4-9-16-13/h3-4,6,8-11H,1-2,5,7H2,(H,18,19). The Bertz CT molecular complexity index is 541. The maximum Gasteiger partial charge on any atom is 0.303 e. The molecule has 4 nitrogen and oxygen atoms in total. The lowest BCUT2D eigenvalue weighted by molar-refractivity contribution is -0.137. The Kier molecular flexibility index (Phi) is 4.61. The van der Waals surface area contributed by atoms with Crippen LogP contribution in [0.1, 0.15) is 24.8 Å². The van der Waals surface area contributed by atoms with E-state index in [0.29, 0.717) is 6.42 Å². The van der Waals surface area contributed by atoms with Crippen molar-refractivity contribution in [1.29, 1.82) is 0 Å². The van der Waals surface area contributed by atoms with Gasteiger partial charge in [0.15, 0.2) is 0 Å². The molecule has 0 aliphatic rings. The third kappa shape index (κ3) is 4.17. The summed E-state index contributed by atoms with van der Waals surface area (Å²) in [5.41, 5.74) is 2.88. The van der Waals surface area contributed by atoms with Crippen LogP contribution in [0.15, 0.2) is 42.7 Å². The van der Waals surface area contributed by atoms with Gasteiger partial charge >= 0.3 is 5.97 Å². The molecule has 0 fully saturated rings. The summed E-state index contributed by atoms with van der Waals surface area (Å²) in [6.45, 7) is 0. The minimum Gasteiger partial charge on any atom is -0.481 e. The van der Waals surface area contributed by atoms with Crippen molar-refractivity contribution in [2.75, 3.05) is 0 Å². The monoisotopic (exact) mass is 256 g/mol. The maximum atomic E-state index is 10.4. The third-order valence-electron chi connectivity index (χ3n) is 2.86. The molecule has 2 aromatic rings. The van der Waals surface area contributed by atoms with Crippen molar-refractivity contribution < 1.29 is 9.90 Å². The molecule has 0 aliphatic heterocycles. The van der Waals surface area contributed by atoms with E-state index in [9.17, 15) is 4.79 Å². The van der Waals surface area contributed by atoms with Crippen LogP contribution in [-0.4, -0.2) is 21.0 Å². The van der Waals surface area contributed by atoms with E-state index < -0.39 is 5.97 Å².